The number of hydrogen-bond acceptors (Lipinski definition) is 3. The molecule has 0 aromatic heterocycles. The quantitative estimate of drug-likeness (QED) is 0.861. The number of nitrogens with zero attached hydrogens (tertiary/aromatic N) is 1. The van der Waals surface area contributed by atoms with Gasteiger partial charge in [-0.3, -0.25) is 9.59 Å². The lowest BCUT2D eigenvalue weighted by atomic mass is 10.0. The molecule has 0 spiro atoms. The molecule has 0 bridgehead atoms. The van der Waals surface area contributed by atoms with Gasteiger partial charge in [0.1, 0.15) is 0 Å². The van der Waals surface area contributed by atoms with Gasteiger partial charge in [-0.2, -0.15) is 0 Å². The fourth-order valence-corrected chi connectivity index (χ4v) is 3.17. The van der Waals surface area contributed by atoms with Crippen LogP contribution in [0.2, 0.25) is 0 Å². The topological polar surface area (TPSA) is 61.4 Å². The van der Waals surface area contributed by atoms with E-state index in [9.17, 15) is 9.59 Å². The summed E-state index contributed by atoms with van der Waals surface area (Å²) in [5, 5.41) is 6.45. The van der Waals surface area contributed by atoms with Crippen LogP contribution >= 0.6 is 0 Å². The molecule has 25 heavy (non-hydrogen) atoms. The average Bonchev–Trinajstić information content (AvgIpc) is 2.55. The minimum absolute atomic E-state index is 0.0376. The van der Waals surface area contributed by atoms with Crippen molar-refractivity contribution in [2.75, 3.05) is 18.4 Å². The van der Waals surface area contributed by atoms with Crippen molar-refractivity contribution in [2.45, 2.75) is 59.5 Å². The van der Waals surface area contributed by atoms with Gasteiger partial charge in [0, 0.05) is 43.3 Å². The third-order valence-electron chi connectivity index (χ3n) is 5.06. The summed E-state index contributed by atoms with van der Waals surface area (Å²) < 4.78 is 0. The van der Waals surface area contributed by atoms with Gasteiger partial charge >= 0.3 is 0 Å². The Morgan fingerprint density at radius 3 is 2.60 bits per heavy atom. The van der Waals surface area contributed by atoms with Crippen molar-refractivity contribution in [2.24, 2.45) is 5.92 Å². The summed E-state index contributed by atoms with van der Waals surface area (Å²) in [6, 6.07) is 6.25. The van der Waals surface area contributed by atoms with Crippen LogP contribution in [0.4, 0.5) is 5.69 Å². The molecule has 2 unspecified atom stereocenters. The van der Waals surface area contributed by atoms with Crippen LogP contribution < -0.4 is 10.6 Å². The van der Waals surface area contributed by atoms with E-state index in [4.69, 9.17) is 0 Å². The Morgan fingerprint density at radius 1 is 1.24 bits per heavy atom. The van der Waals surface area contributed by atoms with Crippen LogP contribution in [0.3, 0.4) is 0 Å². The first-order chi connectivity index (χ1) is 11.8. The fraction of sp³-hybridized carbons (Fsp3) is 0.600. The number of amides is 2. The first-order valence-corrected chi connectivity index (χ1v) is 9.22. The van der Waals surface area contributed by atoms with Crippen LogP contribution in [0.1, 0.15) is 56.5 Å². The number of piperidine rings is 1. The smallest absolute Gasteiger partial charge is 0.254 e. The highest BCUT2D eigenvalue weighted by Gasteiger charge is 2.26. The Balaban J connectivity index is 2.14. The van der Waals surface area contributed by atoms with E-state index >= 15 is 0 Å². The maximum Gasteiger partial charge on any atom is 0.254 e. The van der Waals surface area contributed by atoms with Gasteiger partial charge in [-0.05, 0) is 50.3 Å². The highest BCUT2D eigenvalue weighted by atomic mass is 16.2. The minimum atomic E-state index is -0.0376. The van der Waals surface area contributed by atoms with E-state index in [1.54, 1.807) is 0 Å². The number of hydrogen-bond donors (Lipinski definition) is 2. The van der Waals surface area contributed by atoms with Crippen LogP contribution in [-0.4, -0.2) is 41.9 Å². The first kappa shape index (κ1) is 19.3. The van der Waals surface area contributed by atoms with Gasteiger partial charge < -0.3 is 15.5 Å². The molecule has 1 aromatic carbocycles. The third kappa shape index (κ3) is 4.97. The molecule has 1 aliphatic heterocycles. The molecule has 1 heterocycles. The lowest BCUT2D eigenvalue weighted by molar-refractivity contribution is -0.120. The van der Waals surface area contributed by atoms with Gasteiger partial charge in [0.05, 0.1) is 0 Å². The Bertz CT molecular complexity index is 627. The van der Waals surface area contributed by atoms with E-state index in [-0.39, 0.29) is 17.9 Å². The standard InChI is InChI=1S/C20H31N3O2/c1-13(2)15(4)21-19-10-6-9-18(14(19)3)20(25)23-11-7-8-17(12-23)22-16(5)24/h6,9-10,13,15,17,21H,7-8,11-12H2,1-5H3,(H,22,24). The zero-order valence-corrected chi connectivity index (χ0v) is 16.1. The highest BCUT2D eigenvalue weighted by Crippen LogP contribution is 2.23. The van der Waals surface area contributed by atoms with Crippen LogP contribution in [0.15, 0.2) is 18.2 Å². The van der Waals surface area contributed by atoms with Gasteiger partial charge in [0.25, 0.3) is 5.91 Å². The lowest BCUT2D eigenvalue weighted by Crippen LogP contribution is -2.49. The Hall–Kier alpha value is -2.04. The van der Waals surface area contributed by atoms with Crippen molar-refractivity contribution in [3.05, 3.63) is 29.3 Å². The molecule has 5 nitrogen and oxygen atoms in total. The summed E-state index contributed by atoms with van der Waals surface area (Å²) >= 11 is 0. The van der Waals surface area contributed by atoms with E-state index in [1.807, 2.05) is 30.0 Å². The Kier molecular flexibility index (Phi) is 6.45. The molecule has 0 radical (unpaired) electrons. The highest BCUT2D eigenvalue weighted by molar-refractivity contribution is 5.97. The second kappa shape index (κ2) is 8.37. The summed E-state index contributed by atoms with van der Waals surface area (Å²) in [4.78, 5) is 26.2. The van der Waals surface area contributed by atoms with Crippen LogP contribution in [-0.2, 0) is 4.79 Å². The zero-order chi connectivity index (χ0) is 18.6. The molecule has 0 saturated carbocycles. The number of benzene rings is 1. The average molecular weight is 345 g/mol. The third-order valence-corrected chi connectivity index (χ3v) is 5.06. The summed E-state index contributed by atoms with van der Waals surface area (Å²) in [6.45, 7) is 11.4. The van der Waals surface area contributed by atoms with Gasteiger partial charge in [-0.1, -0.05) is 19.9 Å². The molecule has 2 N–H and O–H groups in total. The Morgan fingerprint density at radius 2 is 1.96 bits per heavy atom. The molecular formula is C20H31N3O2. The van der Waals surface area contributed by atoms with Gasteiger partial charge in [-0.25, -0.2) is 0 Å². The molecule has 2 rings (SSSR count). The monoisotopic (exact) mass is 345 g/mol. The van der Waals surface area contributed by atoms with E-state index in [0.29, 0.717) is 18.5 Å². The molecule has 1 aliphatic rings. The van der Waals surface area contributed by atoms with Crippen molar-refractivity contribution >= 4 is 17.5 Å². The van der Waals surface area contributed by atoms with E-state index in [2.05, 4.69) is 31.4 Å². The molecule has 5 heteroatoms. The predicted octanol–water partition coefficient (Wildman–Crippen LogP) is 3.19. The van der Waals surface area contributed by atoms with Crippen molar-refractivity contribution in [1.82, 2.24) is 10.2 Å². The molecule has 0 aliphatic carbocycles. The summed E-state index contributed by atoms with van der Waals surface area (Å²) in [5.41, 5.74) is 2.74. The summed E-state index contributed by atoms with van der Waals surface area (Å²) in [7, 11) is 0. The maximum absolute atomic E-state index is 13.0. The first-order valence-electron chi connectivity index (χ1n) is 9.22. The van der Waals surface area contributed by atoms with Crippen LogP contribution in [0.25, 0.3) is 0 Å². The molecule has 1 fully saturated rings. The second-order valence-electron chi connectivity index (χ2n) is 7.45. The van der Waals surface area contributed by atoms with Crippen molar-refractivity contribution in [3.8, 4) is 0 Å². The second-order valence-corrected chi connectivity index (χ2v) is 7.45. The molecule has 2 amide bonds. The summed E-state index contributed by atoms with van der Waals surface area (Å²) in [6.07, 6.45) is 1.84. The molecular weight excluding hydrogens is 314 g/mol. The number of rotatable bonds is 5. The molecule has 1 aromatic rings. The number of carbonyl (C=O) groups is 2. The maximum atomic E-state index is 13.0. The van der Waals surface area contributed by atoms with Gasteiger partial charge in [0.15, 0.2) is 0 Å². The van der Waals surface area contributed by atoms with Crippen molar-refractivity contribution in [3.63, 3.8) is 0 Å². The van der Waals surface area contributed by atoms with Crippen molar-refractivity contribution < 1.29 is 9.59 Å². The number of anilines is 1. The number of likely N-dealkylation sites (tertiary alicyclic amines) is 1. The number of nitrogens with one attached hydrogen (secondary N) is 2. The molecule has 138 valence electrons. The molecule has 2 atom stereocenters. The SMILES string of the molecule is CC(=O)NC1CCCN(C(=O)c2cccc(NC(C)C(C)C)c2C)C1. The summed E-state index contributed by atoms with van der Waals surface area (Å²) in [5.74, 6) is 0.525. The molecule has 1 saturated heterocycles. The van der Waals surface area contributed by atoms with E-state index in [1.165, 1.54) is 6.92 Å². The number of carbonyl (C=O) groups excluding carboxylic acids is 2. The van der Waals surface area contributed by atoms with Crippen molar-refractivity contribution in [1.29, 1.82) is 0 Å². The normalized spacial score (nSPS) is 18.8. The lowest BCUT2D eigenvalue weighted by Gasteiger charge is -2.33. The van der Waals surface area contributed by atoms with Crippen LogP contribution in [0.5, 0.6) is 0 Å². The van der Waals surface area contributed by atoms with E-state index in [0.717, 1.165) is 36.2 Å². The largest absolute Gasteiger partial charge is 0.382 e. The fourth-order valence-electron chi connectivity index (χ4n) is 3.17. The predicted molar refractivity (Wildman–Crippen MR) is 102 cm³/mol. The van der Waals surface area contributed by atoms with Crippen LogP contribution in [0, 0.1) is 12.8 Å². The van der Waals surface area contributed by atoms with Gasteiger partial charge in [-0.15, -0.1) is 0 Å². The van der Waals surface area contributed by atoms with Gasteiger partial charge in [0.2, 0.25) is 5.91 Å². The minimum Gasteiger partial charge on any atom is -0.382 e. The zero-order valence-electron chi connectivity index (χ0n) is 16.1. The Labute approximate surface area is 151 Å². The van der Waals surface area contributed by atoms with E-state index < -0.39 is 0 Å².